The van der Waals surface area contributed by atoms with Crippen LogP contribution in [0.2, 0.25) is 0 Å². The first-order valence-electron chi connectivity index (χ1n) is 7.89. The highest BCUT2D eigenvalue weighted by molar-refractivity contribution is 6.05. The molecule has 3 rings (SSSR count). The fourth-order valence-electron chi connectivity index (χ4n) is 2.71. The van der Waals surface area contributed by atoms with E-state index in [4.69, 9.17) is 0 Å². The first-order chi connectivity index (χ1) is 12.7. The number of allylic oxidation sites excluding steroid dienone is 4. The van der Waals surface area contributed by atoms with Gasteiger partial charge in [-0.3, -0.25) is 9.59 Å². The van der Waals surface area contributed by atoms with Crippen LogP contribution in [0.15, 0.2) is 36.3 Å². The molecule has 6 nitrogen and oxygen atoms in total. The zero-order chi connectivity index (χ0) is 19.8. The molecule has 10 heteroatoms. The number of anilines is 1. The zero-order valence-electron chi connectivity index (χ0n) is 14.0. The molecule has 2 N–H and O–H groups in total. The molecule has 0 fully saturated rings. The molecule has 2 heterocycles. The summed E-state index contributed by atoms with van der Waals surface area (Å²) in [6.07, 6.45) is -0.561. The Balaban J connectivity index is 2.08. The minimum absolute atomic E-state index is 0.133. The first kappa shape index (κ1) is 18.6. The average molecular weight is 382 g/mol. The van der Waals surface area contributed by atoms with Gasteiger partial charge in [0, 0.05) is 13.5 Å². The van der Waals surface area contributed by atoms with E-state index in [1.807, 2.05) is 0 Å². The molecule has 0 unspecified atom stereocenters. The summed E-state index contributed by atoms with van der Waals surface area (Å²) in [6.45, 7) is 0. The lowest BCUT2D eigenvalue weighted by Gasteiger charge is -2.09. The fraction of sp³-hybridized carbons (Fsp3) is 0.235. The van der Waals surface area contributed by atoms with Gasteiger partial charge in [0.15, 0.2) is 0 Å². The number of nitrogens with one attached hydrogen (secondary N) is 2. The predicted molar refractivity (Wildman–Crippen MR) is 89.7 cm³/mol. The number of nitrogens with zero attached hydrogens (tertiary/aromatic N) is 2. The van der Waals surface area contributed by atoms with Crippen LogP contribution in [-0.4, -0.2) is 34.7 Å². The van der Waals surface area contributed by atoms with Crippen molar-refractivity contribution in [3.8, 4) is 0 Å². The second kappa shape index (κ2) is 6.86. The zero-order valence-corrected chi connectivity index (χ0v) is 14.0. The number of halogens is 4. The van der Waals surface area contributed by atoms with E-state index >= 15 is 0 Å². The fourth-order valence-corrected chi connectivity index (χ4v) is 2.71. The van der Waals surface area contributed by atoms with Crippen LogP contribution in [0.3, 0.4) is 0 Å². The Morgan fingerprint density at radius 3 is 2.52 bits per heavy atom. The summed E-state index contributed by atoms with van der Waals surface area (Å²) in [5, 5.41) is 8.48. The largest absolute Gasteiger partial charge is 0.471 e. The number of hydrogen-bond acceptors (Lipinski definition) is 3. The molecular weight excluding hydrogens is 368 g/mol. The van der Waals surface area contributed by atoms with E-state index in [1.165, 1.54) is 42.0 Å². The molecule has 0 spiro atoms. The first-order valence-corrected chi connectivity index (χ1v) is 7.89. The van der Waals surface area contributed by atoms with E-state index in [0.29, 0.717) is 23.2 Å². The number of aromatic nitrogens is 2. The van der Waals surface area contributed by atoms with Gasteiger partial charge in [-0.05, 0) is 30.2 Å². The Bertz CT molecular complexity index is 989. The molecule has 142 valence electrons. The quantitative estimate of drug-likeness (QED) is 0.801. The van der Waals surface area contributed by atoms with Crippen LogP contribution in [0, 0.1) is 0 Å². The van der Waals surface area contributed by atoms with Gasteiger partial charge < -0.3 is 10.6 Å². The molecule has 0 bridgehead atoms. The summed E-state index contributed by atoms with van der Waals surface area (Å²) in [6, 6.07) is 2.62. The molecule has 0 saturated carbocycles. The summed E-state index contributed by atoms with van der Waals surface area (Å²) in [5.41, 5.74) is 1.35. The van der Waals surface area contributed by atoms with Gasteiger partial charge in [-0.1, -0.05) is 6.08 Å². The molecule has 2 amide bonds. The van der Waals surface area contributed by atoms with Gasteiger partial charge in [-0.25, -0.2) is 8.91 Å². The van der Waals surface area contributed by atoms with Crippen molar-refractivity contribution in [1.29, 1.82) is 0 Å². The van der Waals surface area contributed by atoms with E-state index in [2.05, 4.69) is 10.4 Å². The van der Waals surface area contributed by atoms with Gasteiger partial charge in [-0.2, -0.15) is 18.3 Å². The number of fused-ring (bicyclic) bond motifs is 1. The molecule has 0 saturated heterocycles. The molecule has 0 atom stereocenters. The third-order valence-electron chi connectivity index (χ3n) is 4.00. The van der Waals surface area contributed by atoms with Crippen LogP contribution in [0.5, 0.6) is 0 Å². The standard InChI is InChI=1S/C17H14F4N4O2/c1-22-15(26)13-12-7-6-11(23-16(27)17(19,20)21)8-25(12)24-14(13)9-2-4-10(18)5-3-9/h2,4,6-8H,3,5H2,1H3,(H,22,26)(H,23,27). The highest BCUT2D eigenvalue weighted by atomic mass is 19.4. The Kier molecular flexibility index (Phi) is 4.73. The van der Waals surface area contributed by atoms with Crippen molar-refractivity contribution in [1.82, 2.24) is 14.9 Å². The second-order valence-corrected chi connectivity index (χ2v) is 5.81. The van der Waals surface area contributed by atoms with Crippen LogP contribution in [0.25, 0.3) is 11.1 Å². The number of hydrogen-bond donors (Lipinski definition) is 2. The van der Waals surface area contributed by atoms with Crippen molar-refractivity contribution < 1.29 is 27.2 Å². The minimum Gasteiger partial charge on any atom is -0.355 e. The third-order valence-corrected chi connectivity index (χ3v) is 4.00. The molecule has 0 aliphatic heterocycles. The Morgan fingerprint density at radius 2 is 1.93 bits per heavy atom. The highest BCUT2D eigenvalue weighted by Crippen LogP contribution is 2.31. The normalized spacial score (nSPS) is 14.6. The lowest BCUT2D eigenvalue weighted by Crippen LogP contribution is -2.30. The topological polar surface area (TPSA) is 75.5 Å². The van der Waals surface area contributed by atoms with Gasteiger partial charge in [0.1, 0.15) is 11.5 Å². The maximum atomic E-state index is 13.3. The molecule has 2 aromatic heterocycles. The van der Waals surface area contributed by atoms with E-state index in [-0.39, 0.29) is 23.5 Å². The lowest BCUT2D eigenvalue weighted by atomic mass is 9.98. The molecule has 27 heavy (non-hydrogen) atoms. The molecule has 0 aromatic carbocycles. The molecule has 0 radical (unpaired) electrons. The molecule has 1 aliphatic carbocycles. The number of alkyl halides is 3. The van der Waals surface area contributed by atoms with Crippen molar-refractivity contribution in [2.45, 2.75) is 19.0 Å². The highest BCUT2D eigenvalue weighted by Gasteiger charge is 2.38. The van der Waals surface area contributed by atoms with Crippen molar-refractivity contribution in [2.24, 2.45) is 0 Å². The van der Waals surface area contributed by atoms with Crippen LogP contribution < -0.4 is 10.6 Å². The van der Waals surface area contributed by atoms with Crippen molar-refractivity contribution in [3.63, 3.8) is 0 Å². The average Bonchev–Trinajstić information content (AvgIpc) is 2.99. The van der Waals surface area contributed by atoms with Gasteiger partial charge in [-0.15, -0.1) is 0 Å². The lowest BCUT2D eigenvalue weighted by molar-refractivity contribution is -0.167. The monoisotopic (exact) mass is 382 g/mol. The number of carbonyl (C=O) groups is 2. The molecule has 2 aromatic rings. The Labute approximate surface area is 150 Å². The third kappa shape index (κ3) is 3.69. The summed E-state index contributed by atoms with van der Waals surface area (Å²) >= 11 is 0. The number of pyridine rings is 1. The van der Waals surface area contributed by atoms with E-state index < -0.39 is 18.0 Å². The smallest absolute Gasteiger partial charge is 0.355 e. The summed E-state index contributed by atoms with van der Waals surface area (Å²) in [4.78, 5) is 23.4. The maximum Gasteiger partial charge on any atom is 0.471 e. The number of amides is 2. The Hall–Kier alpha value is -3.17. The maximum absolute atomic E-state index is 13.3. The predicted octanol–water partition coefficient (Wildman–Crippen LogP) is 3.23. The van der Waals surface area contributed by atoms with Crippen LogP contribution in [-0.2, 0) is 4.79 Å². The molecular formula is C17H14F4N4O2. The van der Waals surface area contributed by atoms with Crippen molar-refractivity contribution in [2.75, 3.05) is 12.4 Å². The van der Waals surface area contributed by atoms with Crippen LogP contribution in [0.1, 0.15) is 28.9 Å². The minimum atomic E-state index is -5.03. The summed E-state index contributed by atoms with van der Waals surface area (Å²) in [7, 11) is 1.43. The van der Waals surface area contributed by atoms with Gasteiger partial charge >= 0.3 is 12.1 Å². The summed E-state index contributed by atoms with van der Waals surface area (Å²) < 4.78 is 51.7. The SMILES string of the molecule is CNC(=O)c1c(C2=CC=C(F)CC2)nn2cc(NC(=O)C(F)(F)F)ccc12. The second-order valence-electron chi connectivity index (χ2n) is 5.81. The number of carbonyl (C=O) groups excluding carboxylic acids is 2. The van der Waals surface area contributed by atoms with Crippen molar-refractivity contribution in [3.05, 3.63) is 47.6 Å². The number of rotatable bonds is 3. The van der Waals surface area contributed by atoms with E-state index in [0.717, 1.165) is 0 Å². The van der Waals surface area contributed by atoms with E-state index in [9.17, 15) is 27.2 Å². The molecule has 1 aliphatic rings. The Morgan fingerprint density at radius 1 is 1.19 bits per heavy atom. The summed E-state index contributed by atoms with van der Waals surface area (Å²) in [5.74, 6) is -2.85. The van der Waals surface area contributed by atoms with E-state index in [1.54, 1.807) is 5.32 Å². The van der Waals surface area contributed by atoms with Gasteiger partial charge in [0.05, 0.1) is 23.0 Å². The van der Waals surface area contributed by atoms with Crippen molar-refractivity contribution >= 4 is 28.6 Å². The van der Waals surface area contributed by atoms with Gasteiger partial charge in [0.2, 0.25) is 0 Å². The van der Waals surface area contributed by atoms with Gasteiger partial charge in [0.25, 0.3) is 5.91 Å². The van der Waals surface area contributed by atoms with Crippen LogP contribution in [0.4, 0.5) is 23.2 Å². The van der Waals surface area contributed by atoms with Crippen LogP contribution >= 0.6 is 0 Å².